The second-order valence-corrected chi connectivity index (χ2v) is 6.39. The Labute approximate surface area is 157 Å². The fourth-order valence-corrected chi connectivity index (χ4v) is 2.39. The van der Waals surface area contributed by atoms with Crippen molar-refractivity contribution < 1.29 is 18.7 Å². The molecule has 6 nitrogen and oxygen atoms in total. The lowest BCUT2D eigenvalue weighted by Gasteiger charge is -2.25. The molecule has 0 saturated heterocycles. The van der Waals surface area contributed by atoms with E-state index in [4.69, 9.17) is 9.15 Å². The van der Waals surface area contributed by atoms with E-state index in [0.29, 0.717) is 17.1 Å². The summed E-state index contributed by atoms with van der Waals surface area (Å²) in [6.45, 7) is 3.38. The number of amides is 2. The maximum Gasteiger partial charge on any atom is 0.291 e. The van der Waals surface area contributed by atoms with Crippen LogP contribution < -0.4 is 15.4 Å². The van der Waals surface area contributed by atoms with Crippen LogP contribution in [0.25, 0.3) is 0 Å². The van der Waals surface area contributed by atoms with Gasteiger partial charge in [0, 0.05) is 11.4 Å². The maximum absolute atomic E-state index is 12.6. The molecule has 0 radical (unpaired) electrons. The van der Waals surface area contributed by atoms with Gasteiger partial charge >= 0.3 is 0 Å². The van der Waals surface area contributed by atoms with E-state index in [-0.39, 0.29) is 17.6 Å². The third-order valence-corrected chi connectivity index (χ3v) is 3.79. The third-order valence-electron chi connectivity index (χ3n) is 3.79. The fraction of sp³-hybridized carbons (Fsp3) is 0.143. The second kappa shape index (κ2) is 7.78. The first kappa shape index (κ1) is 18.3. The number of furan rings is 1. The predicted octanol–water partition coefficient (Wildman–Crippen LogP) is 4.33. The molecule has 3 rings (SSSR count). The van der Waals surface area contributed by atoms with E-state index in [1.165, 1.54) is 6.26 Å². The van der Waals surface area contributed by atoms with Gasteiger partial charge in [-0.15, -0.1) is 0 Å². The Morgan fingerprint density at radius 3 is 2.26 bits per heavy atom. The molecular formula is C21H20N2O4. The normalized spacial score (nSPS) is 10.9. The van der Waals surface area contributed by atoms with Gasteiger partial charge in [0.05, 0.1) is 6.26 Å². The Balaban J connectivity index is 1.66. The summed E-state index contributed by atoms with van der Waals surface area (Å²) in [6, 6.07) is 19.2. The molecule has 1 aromatic heterocycles. The highest BCUT2D eigenvalue weighted by molar-refractivity contribution is 6.03. The molecule has 138 valence electrons. The molecule has 6 heteroatoms. The van der Waals surface area contributed by atoms with Gasteiger partial charge in [0.25, 0.3) is 11.8 Å². The van der Waals surface area contributed by atoms with Gasteiger partial charge in [0.1, 0.15) is 5.75 Å². The van der Waals surface area contributed by atoms with Crippen LogP contribution in [-0.2, 0) is 4.79 Å². The van der Waals surface area contributed by atoms with Crippen molar-refractivity contribution in [2.24, 2.45) is 0 Å². The molecule has 2 amide bonds. The summed E-state index contributed by atoms with van der Waals surface area (Å²) in [7, 11) is 0. The van der Waals surface area contributed by atoms with Crippen LogP contribution in [0.15, 0.2) is 77.4 Å². The van der Waals surface area contributed by atoms with Crippen molar-refractivity contribution in [3.8, 4) is 5.75 Å². The van der Waals surface area contributed by atoms with E-state index < -0.39 is 5.60 Å². The minimum atomic E-state index is -1.07. The van der Waals surface area contributed by atoms with E-state index in [2.05, 4.69) is 10.6 Å². The molecule has 3 aromatic rings. The van der Waals surface area contributed by atoms with Gasteiger partial charge in [0.2, 0.25) is 0 Å². The second-order valence-electron chi connectivity index (χ2n) is 6.39. The SMILES string of the molecule is CC(C)(Oc1ccccc1)C(=O)Nc1cccc(NC(=O)c2ccco2)c1. The van der Waals surface area contributed by atoms with Gasteiger partial charge in [0.15, 0.2) is 11.4 Å². The molecule has 2 aromatic carbocycles. The Kier molecular flexibility index (Phi) is 5.26. The number of nitrogens with one attached hydrogen (secondary N) is 2. The van der Waals surface area contributed by atoms with Crippen LogP contribution in [0.4, 0.5) is 11.4 Å². The van der Waals surface area contributed by atoms with Crippen molar-refractivity contribution in [3.05, 3.63) is 78.8 Å². The summed E-state index contributed by atoms with van der Waals surface area (Å²) in [5, 5.41) is 5.53. The molecule has 0 bridgehead atoms. The van der Waals surface area contributed by atoms with E-state index >= 15 is 0 Å². The molecular weight excluding hydrogens is 344 g/mol. The first-order valence-corrected chi connectivity index (χ1v) is 8.44. The average molecular weight is 364 g/mol. The Morgan fingerprint density at radius 2 is 1.59 bits per heavy atom. The van der Waals surface area contributed by atoms with Crippen molar-refractivity contribution in [1.82, 2.24) is 0 Å². The van der Waals surface area contributed by atoms with Gasteiger partial charge in [-0.05, 0) is 56.3 Å². The lowest BCUT2D eigenvalue weighted by Crippen LogP contribution is -2.42. The van der Waals surface area contributed by atoms with Crippen LogP contribution in [0.5, 0.6) is 5.75 Å². The zero-order chi connectivity index (χ0) is 19.3. The van der Waals surface area contributed by atoms with Gasteiger partial charge < -0.3 is 19.8 Å². The van der Waals surface area contributed by atoms with Crippen molar-refractivity contribution in [3.63, 3.8) is 0 Å². The molecule has 0 aliphatic carbocycles. The van der Waals surface area contributed by atoms with Gasteiger partial charge in [-0.25, -0.2) is 0 Å². The van der Waals surface area contributed by atoms with Crippen LogP contribution in [0, 0.1) is 0 Å². The first-order chi connectivity index (χ1) is 12.9. The van der Waals surface area contributed by atoms with Crippen LogP contribution in [0.1, 0.15) is 24.4 Å². The molecule has 27 heavy (non-hydrogen) atoms. The maximum atomic E-state index is 12.6. The molecule has 2 N–H and O–H groups in total. The molecule has 0 fully saturated rings. The van der Waals surface area contributed by atoms with E-state index in [0.717, 1.165) is 0 Å². The van der Waals surface area contributed by atoms with E-state index in [9.17, 15) is 9.59 Å². The minimum Gasteiger partial charge on any atom is -0.478 e. The Bertz CT molecular complexity index is 918. The largest absolute Gasteiger partial charge is 0.478 e. The lowest BCUT2D eigenvalue weighted by atomic mass is 10.1. The molecule has 0 aliphatic heterocycles. The summed E-state index contributed by atoms with van der Waals surface area (Å²) < 4.78 is 10.9. The van der Waals surface area contributed by atoms with Crippen molar-refractivity contribution in [2.75, 3.05) is 10.6 Å². The number of anilines is 2. The molecule has 0 atom stereocenters. The van der Waals surface area contributed by atoms with Gasteiger partial charge in [-0.2, -0.15) is 0 Å². The number of ether oxygens (including phenoxy) is 1. The smallest absolute Gasteiger partial charge is 0.291 e. The summed E-state index contributed by atoms with van der Waals surface area (Å²) >= 11 is 0. The number of hydrogen-bond acceptors (Lipinski definition) is 4. The highest BCUT2D eigenvalue weighted by Crippen LogP contribution is 2.21. The highest BCUT2D eigenvalue weighted by atomic mass is 16.5. The number of carbonyl (C=O) groups excluding carboxylic acids is 2. The van der Waals surface area contributed by atoms with Crippen molar-refractivity contribution in [2.45, 2.75) is 19.4 Å². The molecule has 0 spiro atoms. The first-order valence-electron chi connectivity index (χ1n) is 8.44. The zero-order valence-corrected chi connectivity index (χ0v) is 15.1. The minimum absolute atomic E-state index is 0.210. The summed E-state index contributed by atoms with van der Waals surface area (Å²) in [6.07, 6.45) is 1.43. The molecule has 1 heterocycles. The number of benzene rings is 2. The molecule has 0 unspecified atom stereocenters. The third kappa shape index (κ3) is 4.76. The summed E-state index contributed by atoms with van der Waals surface area (Å²) in [4.78, 5) is 24.7. The fourth-order valence-electron chi connectivity index (χ4n) is 2.39. The molecule has 0 aliphatic rings. The molecule has 0 saturated carbocycles. The zero-order valence-electron chi connectivity index (χ0n) is 15.1. The van der Waals surface area contributed by atoms with Gasteiger partial charge in [-0.3, -0.25) is 9.59 Å². The summed E-state index contributed by atoms with van der Waals surface area (Å²) in [5.74, 6) is 0.149. The number of hydrogen-bond donors (Lipinski definition) is 2. The number of carbonyl (C=O) groups is 2. The standard InChI is InChI=1S/C21H20N2O4/c1-21(2,27-17-10-4-3-5-11-17)20(25)23-16-9-6-8-15(14-16)22-19(24)18-12-7-13-26-18/h3-14H,1-2H3,(H,22,24)(H,23,25). The van der Waals surface area contributed by atoms with Crippen LogP contribution >= 0.6 is 0 Å². The lowest BCUT2D eigenvalue weighted by molar-refractivity contribution is -0.128. The van der Waals surface area contributed by atoms with Crippen molar-refractivity contribution >= 4 is 23.2 Å². The number of rotatable bonds is 6. The van der Waals surface area contributed by atoms with E-state index in [1.54, 1.807) is 62.4 Å². The van der Waals surface area contributed by atoms with Crippen LogP contribution in [0.2, 0.25) is 0 Å². The van der Waals surface area contributed by atoms with E-state index in [1.807, 2.05) is 18.2 Å². The topological polar surface area (TPSA) is 80.6 Å². The highest BCUT2D eigenvalue weighted by Gasteiger charge is 2.30. The average Bonchev–Trinajstić information content (AvgIpc) is 3.17. The summed E-state index contributed by atoms with van der Waals surface area (Å²) in [5.41, 5.74) is 0.00682. The Hall–Kier alpha value is -3.54. The van der Waals surface area contributed by atoms with Crippen LogP contribution in [0.3, 0.4) is 0 Å². The predicted molar refractivity (Wildman–Crippen MR) is 103 cm³/mol. The van der Waals surface area contributed by atoms with Gasteiger partial charge in [-0.1, -0.05) is 24.3 Å². The monoisotopic (exact) mass is 364 g/mol. The van der Waals surface area contributed by atoms with Crippen molar-refractivity contribution in [1.29, 1.82) is 0 Å². The van der Waals surface area contributed by atoms with Crippen LogP contribution in [-0.4, -0.2) is 17.4 Å². The Morgan fingerprint density at radius 1 is 0.889 bits per heavy atom. The number of para-hydroxylation sites is 1. The quantitative estimate of drug-likeness (QED) is 0.682.